The van der Waals surface area contributed by atoms with Crippen molar-refractivity contribution in [2.75, 3.05) is 0 Å². The second kappa shape index (κ2) is 4.62. The van der Waals surface area contributed by atoms with Crippen LogP contribution in [0.5, 0.6) is 0 Å². The van der Waals surface area contributed by atoms with Gasteiger partial charge in [0.25, 0.3) is 5.56 Å². The van der Waals surface area contributed by atoms with E-state index in [4.69, 9.17) is 0 Å². The number of nitrogens with zero attached hydrogens (tertiary/aromatic N) is 1. The monoisotopic (exact) mass is 280 g/mol. The van der Waals surface area contributed by atoms with Crippen LogP contribution in [0.2, 0.25) is 0 Å². The smallest absolute Gasteiger partial charge is 0.272 e. The van der Waals surface area contributed by atoms with Gasteiger partial charge in [0, 0.05) is 12.4 Å². The standard InChI is InChI=1S/C18H20N2O/c1-12-9-16-17(21)19-15(11-20(16)10-12)13-5-7-14(8-6-13)18(2,3)4/h5-11H,1-4H3,(H,19,21). The summed E-state index contributed by atoms with van der Waals surface area (Å²) in [4.78, 5) is 15.1. The Balaban J connectivity index is 2.10. The number of aromatic nitrogens is 2. The van der Waals surface area contributed by atoms with Gasteiger partial charge >= 0.3 is 0 Å². The quantitative estimate of drug-likeness (QED) is 0.721. The topological polar surface area (TPSA) is 37.3 Å². The van der Waals surface area contributed by atoms with Crippen molar-refractivity contribution >= 4 is 5.52 Å². The van der Waals surface area contributed by atoms with Crippen molar-refractivity contribution in [2.45, 2.75) is 33.1 Å². The number of H-pyrrole nitrogens is 1. The Morgan fingerprint density at radius 1 is 1.05 bits per heavy atom. The van der Waals surface area contributed by atoms with Crippen molar-refractivity contribution in [3.05, 3.63) is 64.2 Å². The fourth-order valence-corrected chi connectivity index (χ4v) is 2.56. The molecular formula is C18H20N2O. The summed E-state index contributed by atoms with van der Waals surface area (Å²) in [5.41, 5.74) is 4.99. The first kappa shape index (κ1) is 13.7. The number of aryl methyl sites for hydroxylation is 1. The first-order chi connectivity index (χ1) is 9.84. The van der Waals surface area contributed by atoms with Crippen LogP contribution in [0.4, 0.5) is 0 Å². The molecule has 21 heavy (non-hydrogen) atoms. The first-order valence-electron chi connectivity index (χ1n) is 7.17. The van der Waals surface area contributed by atoms with Gasteiger partial charge in [0.05, 0.1) is 5.69 Å². The summed E-state index contributed by atoms with van der Waals surface area (Å²) in [5.74, 6) is 0. The van der Waals surface area contributed by atoms with E-state index >= 15 is 0 Å². The third-order valence-corrected chi connectivity index (χ3v) is 3.80. The zero-order chi connectivity index (χ0) is 15.2. The maximum absolute atomic E-state index is 12.1. The van der Waals surface area contributed by atoms with Crippen LogP contribution in [0, 0.1) is 6.92 Å². The van der Waals surface area contributed by atoms with E-state index in [-0.39, 0.29) is 11.0 Å². The molecule has 0 unspecified atom stereocenters. The Bertz CT molecular complexity index is 846. The number of hydrogen-bond acceptors (Lipinski definition) is 1. The predicted octanol–water partition coefficient (Wildman–Crippen LogP) is 3.90. The average molecular weight is 280 g/mol. The van der Waals surface area contributed by atoms with Gasteiger partial charge in [-0.05, 0) is 35.1 Å². The summed E-state index contributed by atoms with van der Waals surface area (Å²) >= 11 is 0. The summed E-state index contributed by atoms with van der Waals surface area (Å²) in [5, 5.41) is 0. The van der Waals surface area contributed by atoms with E-state index in [0.29, 0.717) is 5.52 Å². The molecular weight excluding hydrogens is 260 g/mol. The minimum absolute atomic E-state index is 0.0551. The zero-order valence-corrected chi connectivity index (χ0v) is 12.9. The van der Waals surface area contributed by atoms with E-state index in [1.54, 1.807) is 0 Å². The second-order valence-corrected chi connectivity index (χ2v) is 6.63. The SMILES string of the molecule is Cc1cc2c(=O)[nH]c(-c3ccc(C(C)(C)C)cc3)cn2c1. The molecule has 0 aliphatic rings. The van der Waals surface area contributed by atoms with Crippen LogP contribution in [-0.4, -0.2) is 9.38 Å². The number of hydrogen-bond donors (Lipinski definition) is 1. The van der Waals surface area contributed by atoms with E-state index in [2.05, 4.69) is 50.0 Å². The summed E-state index contributed by atoms with van der Waals surface area (Å²) < 4.78 is 1.89. The van der Waals surface area contributed by atoms with Crippen molar-refractivity contribution in [3.8, 4) is 11.3 Å². The van der Waals surface area contributed by atoms with Crippen LogP contribution >= 0.6 is 0 Å². The predicted molar refractivity (Wildman–Crippen MR) is 86.9 cm³/mol. The molecule has 0 spiro atoms. The lowest BCUT2D eigenvalue weighted by Crippen LogP contribution is -2.11. The third-order valence-electron chi connectivity index (χ3n) is 3.80. The lowest BCUT2D eigenvalue weighted by atomic mass is 9.86. The van der Waals surface area contributed by atoms with E-state index in [1.807, 2.05) is 29.8 Å². The molecule has 3 aromatic rings. The van der Waals surface area contributed by atoms with Gasteiger partial charge in [-0.1, -0.05) is 45.0 Å². The Kier molecular flexibility index (Phi) is 3.01. The molecule has 0 atom stereocenters. The Hall–Kier alpha value is -2.29. The van der Waals surface area contributed by atoms with Gasteiger partial charge < -0.3 is 9.38 Å². The Morgan fingerprint density at radius 3 is 2.33 bits per heavy atom. The van der Waals surface area contributed by atoms with Crippen molar-refractivity contribution in [3.63, 3.8) is 0 Å². The highest BCUT2D eigenvalue weighted by Crippen LogP contribution is 2.25. The van der Waals surface area contributed by atoms with E-state index in [9.17, 15) is 4.79 Å². The van der Waals surface area contributed by atoms with Gasteiger partial charge in [0.15, 0.2) is 0 Å². The van der Waals surface area contributed by atoms with Gasteiger partial charge in [-0.3, -0.25) is 4.79 Å². The molecule has 1 aromatic carbocycles. The van der Waals surface area contributed by atoms with Gasteiger partial charge in [-0.2, -0.15) is 0 Å². The highest BCUT2D eigenvalue weighted by molar-refractivity contribution is 5.61. The molecule has 0 saturated carbocycles. The number of nitrogens with one attached hydrogen (secondary N) is 1. The second-order valence-electron chi connectivity index (χ2n) is 6.63. The molecule has 2 heterocycles. The van der Waals surface area contributed by atoms with Crippen LogP contribution in [0.25, 0.3) is 16.8 Å². The van der Waals surface area contributed by atoms with Crippen LogP contribution < -0.4 is 5.56 Å². The fraction of sp³-hybridized carbons (Fsp3) is 0.278. The third kappa shape index (κ3) is 2.51. The molecule has 0 amide bonds. The number of fused-ring (bicyclic) bond motifs is 1. The van der Waals surface area contributed by atoms with Crippen LogP contribution in [0.15, 0.2) is 47.5 Å². The molecule has 3 rings (SSSR count). The molecule has 0 radical (unpaired) electrons. The highest BCUT2D eigenvalue weighted by atomic mass is 16.1. The fourth-order valence-electron chi connectivity index (χ4n) is 2.56. The molecule has 3 heteroatoms. The van der Waals surface area contributed by atoms with Gasteiger partial charge in [0.2, 0.25) is 0 Å². The van der Waals surface area contributed by atoms with Gasteiger partial charge in [-0.25, -0.2) is 0 Å². The lowest BCUT2D eigenvalue weighted by molar-refractivity contribution is 0.590. The molecule has 108 valence electrons. The average Bonchev–Trinajstić information content (AvgIpc) is 2.79. The number of benzene rings is 1. The summed E-state index contributed by atoms with van der Waals surface area (Å²) in [6.45, 7) is 8.57. The minimum Gasteiger partial charge on any atom is -0.319 e. The van der Waals surface area contributed by atoms with Crippen molar-refractivity contribution in [2.24, 2.45) is 0 Å². The maximum atomic E-state index is 12.1. The lowest BCUT2D eigenvalue weighted by Gasteiger charge is -2.19. The van der Waals surface area contributed by atoms with Gasteiger partial charge in [-0.15, -0.1) is 0 Å². The molecule has 0 bridgehead atoms. The van der Waals surface area contributed by atoms with Crippen molar-refractivity contribution in [1.29, 1.82) is 0 Å². The van der Waals surface area contributed by atoms with E-state index < -0.39 is 0 Å². The Labute approximate surface area is 124 Å². The van der Waals surface area contributed by atoms with Crippen molar-refractivity contribution in [1.82, 2.24) is 9.38 Å². The van der Waals surface area contributed by atoms with Crippen LogP contribution in [0.1, 0.15) is 31.9 Å². The van der Waals surface area contributed by atoms with E-state index in [0.717, 1.165) is 16.8 Å². The number of aromatic amines is 1. The first-order valence-corrected chi connectivity index (χ1v) is 7.17. The minimum atomic E-state index is -0.0551. The Morgan fingerprint density at radius 2 is 1.71 bits per heavy atom. The molecule has 0 aliphatic heterocycles. The molecule has 0 saturated heterocycles. The zero-order valence-electron chi connectivity index (χ0n) is 12.9. The van der Waals surface area contributed by atoms with Crippen LogP contribution in [0.3, 0.4) is 0 Å². The normalized spacial score (nSPS) is 12.0. The summed E-state index contributed by atoms with van der Waals surface area (Å²) in [6, 6.07) is 10.3. The molecule has 0 fully saturated rings. The largest absolute Gasteiger partial charge is 0.319 e. The molecule has 2 aromatic heterocycles. The maximum Gasteiger partial charge on any atom is 0.272 e. The summed E-state index contributed by atoms with van der Waals surface area (Å²) in [6.07, 6.45) is 3.94. The number of rotatable bonds is 1. The highest BCUT2D eigenvalue weighted by Gasteiger charge is 2.13. The van der Waals surface area contributed by atoms with Gasteiger partial charge in [0.1, 0.15) is 5.52 Å². The van der Waals surface area contributed by atoms with Crippen molar-refractivity contribution < 1.29 is 0 Å². The van der Waals surface area contributed by atoms with E-state index in [1.165, 1.54) is 5.56 Å². The summed E-state index contributed by atoms with van der Waals surface area (Å²) in [7, 11) is 0. The molecule has 1 N–H and O–H groups in total. The molecule has 3 nitrogen and oxygen atoms in total. The van der Waals surface area contributed by atoms with Crippen LogP contribution in [-0.2, 0) is 5.41 Å². The molecule has 0 aliphatic carbocycles.